The smallest absolute Gasteiger partial charge is 0.330 e. The number of hydrogen-bond acceptors (Lipinski definition) is 3. The zero-order valence-corrected chi connectivity index (χ0v) is 13.4. The van der Waals surface area contributed by atoms with Crippen LogP contribution in [0.4, 0.5) is 0 Å². The Labute approximate surface area is 141 Å². The number of esters is 1. The first-order valence-corrected chi connectivity index (χ1v) is 7.29. The Morgan fingerprint density at radius 1 is 1.00 bits per heavy atom. The molecule has 0 aromatic heterocycles. The molecule has 114 valence electrons. The minimum atomic E-state index is -0.699. The number of halogens is 3. The molecule has 2 aromatic rings. The highest BCUT2D eigenvalue weighted by Gasteiger charge is 2.15. The second kappa shape index (κ2) is 7.49. The van der Waals surface area contributed by atoms with Crippen LogP contribution in [0.5, 0.6) is 5.75 Å². The summed E-state index contributed by atoms with van der Waals surface area (Å²) in [7, 11) is 0. The fraction of sp³-hybridized carbons (Fsp3) is 0.0667. The summed E-state index contributed by atoms with van der Waals surface area (Å²) in [5, 5.41) is 2.99. The van der Waals surface area contributed by atoms with Crippen LogP contribution >= 0.6 is 34.8 Å². The van der Waals surface area contributed by atoms with Crippen LogP contribution in [0.15, 0.2) is 42.5 Å². The van der Waals surface area contributed by atoms with Crippen molar-refractivity contribution in [2.75, 3.05) is 6.54 Å². The number of carbonyl (C=O) groups excluding carboxylic acids is 2. The quantitative estimate of drug-likeness (QED) is 0.664. The Morgan fingerprint density at radius 3 is 2.18 bits per heavy atom. The molecule has 0 saturated carbocycles. The van der Waals surface area contributed by atoms with E-state index in [0.29, 0.717) is 10.6 Å². The molecule has 1 N–H and O–H groups in total. The SMILES string of the molecule is O=C(CNC(=O)c1ccccc1)Oc1c(Cl)cc(Cl)cc1Cl. The van der Waals surface area contributed by atoms with Crippen LogP contribution in [0.1, 0.15) is 10.4 Å². The molecule has 7 heteroatoms. The average Bonchev–Trinajstić information content (AvgIpc) is 2.49. The summed E-state index contributed by atoms with van der Waals surface area (Å²) in [6.45, 7) is -0.316. The minimum absolute atomic E-state index is 0.00620. The van der Waals surface area contributed by atoms with Crippen molar-refractivity contribution in [1.29, 1.82) is 0 Å². The maximum absolute atomic E-state index is 11.8. The van der Waals surface area contributed by atoms with Gasteiger partial charge in [-0.05, 0) is 24.3 Å². The first-order chi connectivity index (χ1) is 10.5. The van der Waals surface area contributed by atoms with Gasteiger partial charge in [-0.25, -0.2) is 4.79 Å². The van der Waals surface area contributed by atoms with Crippen molar-refractivity contribution >= 4 is 46.7 Å². The lowest BCUT2D eigenvalue weighted by molar-refractivity contribution is -0.133. The number of carbonyl (C=O) groups is 2. The molecule has 0 spiro atoms. The summed E-state index contributed by atoms with van der Waals surface area (Å²) >= 11 is 17.6. The van der Waals surface area contributed by atoms with Gasteiger partial charge in [0.1, 0.15) is 6.54 Å². The molecule has 0 saturated heterocycles. The lowest BCUT2D eigenvalue weighted by Gasteiger charge is -2.09. The highest BCUT2D eigenvalue weighted by molar-refractivity contribution is 6.40. The largest absolute Gasteiger partial charge is 0.422 e. The van der Waals surface area contributed by atoms with Gasteiger partial charge in [-0.15, -0.1) is 0 Å². The maximum Gasteiger partial charge on any atom is 0.330 e. The van der Waals surface area contributed by atoms with Crippen molar-refractivity contribution in [2.24, 2.45) is 0 Å². The maximum atomic E-state index is 11.8. The van der Waals surface area contributed by atoms with Crippen LogP contribution in [0.2, 0.25) is 15.1 Å². The van der Waals surface area contributed by atoms with Crippen LogP contribution in [-0.2, 0) is 4.79 Å². The van der Waals surface area contributed by atoms with Gasteiger partial charge in [0.2, 0.25) is 0 Å². The van der Waals surface area contributed by atoms with Crippen molar-refractivity contribution < 1.29 is 14.3 Å². The van der Waals surface area contributed by atoms with Crippen molar-refractivity contribution in [2.45, 2.75) is 0 Å². The third-order valence-electron chi connectivity index (χ3n) is 2.61. The molecule has 0 aliphatic rings. The fourth-order valence-electron chi connectivity index (χ4n) is 1.62. The number of nitrogens with one attached hydrogen (secondary N) is 1. The molecule has 0 bridgehead atoms. The van der Waals surface area contributed by atoms with Gasteiger partial charge in [0, 0.05) is 10.6 Å². The van der Waals surface area contributed by atoms with Crippen molar-refractivity contribution in [3.63, 3.8) is 0 Å². The monoisotopic (exact) mass is 357 g/mol. The molecule has 1 amide bonds. The Kier molecular flexibility index (Phi) is 5.66. The molecule has 4 nitrogen and oxygen atoms in total. The number of benzene rings is 2. The van der Waals surface area contributed by atoms with E-state index < -0.39 is 5.97 Å². The van der Waals surface area contributed by atoms with Gasteiger partial charge in [-0.3, -0.25) is 4.79 Å². The molecule has 0 fully saturated rings. The van der Waals surface area contributed by atoms with Gasteiger partial charge in [0.05, 0.1) is 10.0 Å². The van der Waals surface area contributed by atoms with Crippen LogP contribution in [0.25, 0.3) is 0 Å². The third-order valence-corrected chi connectivity index (χ3v) is 3.39. The van der Waals surface area contributed by atoms with Crippen molar-refractivity contribution in [1.82, 2.24) is 5.32 Å². The molecule has 0 atom stereocenters. The Bertz CT molecular complexity index is 681. The topological polar surface area (TPSA) is 55.4 Å². The second-order valence-electron chi connectivity index (χ2n) is 4.22. The third kappa shape index (κ3) is 4.37. The molecule has 0 aliphatic carbocycles. The van der Waals surface area contributed by atoms with Crippen LogP contribution < -0.4 is 10.1 Å². The van der Waals surface area contributed by atoms with Gasteiger partial charge in [0.15, 0.2) is 5.75 Å². The number of ether oxygens (including phenoxy) is 1. The van der Waals surface area contributed by atoms with Gasteiger partial charge in [-0.1, -0.05) is 53.0 Å². The van der Waals surface area contributed by atoms with E-state index in [4.69, 9.17) is 39.5 Å². The van der Waals surface area contributed by atoms with Crippen LogP contribution in [0.3, 0.4) is 0 Å². The second-order valence-corrected chi connectivity index (χ2v) is 5.47. The van der Waals surface area contributed by atoms with E-state index in [-0.39, 0.29) is 28.2 Å². The average molecular weight is 359 g/mol. The van der Waals surface area contributed by atoms with Crippen LogP contribution in [-0.4, -0.2) is 18.4 Å². The highest BCUT2D eigenvalue weighted by atomic mass is 35.5. The number of rotatable bonds is 4. The number of amides is 1. The molecule has 0 radical (unpaired) electrons. The zero-order valence-electron chi connectivity index (χ0n) is 11.1. The summed E-state index contributed by atoms with van der Waals surface area (Å²) in [5.74, 6) is -1.08. The van der Waals surface area contributed by atoms with Crippen molar-refractivity contribution in [3.05, 3.63) is 63.1 Å². The summed E-state index contributed by atoms with van der Waals surface area (Å²) in [5.41, 5.74) is 0.442. The summed E-state index contributed by atoms with van der Waals surface area (Å²) < 4.78 is 5.04. The minimum Gasteiger partial charge on any atom is -0.422 e. The van der Waals surface area contributed by atoms with Gasteiger partial charge in [0.25, 0.3) is 5.91 Å². The van der Waals surface area contributed by atoms with Crippen LogP contribution in [0, 0.1) is 0 Å². The Morgan fingerprint density at radius 2 is 1.59 bits per heavy atom. The van der Waals surface area contributed by atoms with E-state index >= 15 is 0 Å². The summed E-state index contributed by atoms with van der Waals surface area (Å²) in [6, 6.07) is 11.3. The van der Waals surface area contributed by atoms with E-state index in [1.165, 1.54) is 12.1 Å². The van der Waals surface area contributed by atoms with Gasteiger partial charge < -0.3 is 10.1 Å². The van der Waals surface area contributed by atoms with Gasteiger partial charge >= 0.3 is 5.97 Å². The lowest BCUT2D eigenvalue weighted by atomic mass is 10.2. The van der Waals surface area contributed by atoms with Gasteiger partial charge in [-0.2, -0.15) is 0 Å². The summed E-state index contributed by atoms with van der Waals surface area (Å²) in [4.78, 5) is 23.5. The lowest BCUT2D eigenvalue weighted by Crippen LogP contribution is -2.31. The number of hydrogen-bond donors (Lipinski definition) is 1. The molecule has 0 heterocycles. The Balaban J connectivity index is 1.95. The van der Waals surface area contributed by atoms with E-state index in [1.54, 1.807) is 30.3 Å². The van der Waals surface area contributed by atoms with E-state index in [1.807, 2.05) is 0 Å². The highest BCUT2D eigenvalue weighted by Crippen LogP contribution is 2.35. The predicted octanol–water partition coefficient (Wildman–Crippen LogP) is 3.98. The molecular formula is C15H10Cl3NO3. The molecular weight excluding hydrogens is 349 g/mol. The van der Waals surface area contributed by atoms with Crippen molar-refractivity contribution in [3.8, 4) is 5.75 Å². The molecule has 2 aromatic carbocycles. The van der Waals surface area contributed by atoms with E-state index in [0.717, 1.165) is 0 Å². The predicted molar refractivity (Wildman–Crippen MR) is 85.9 cm³/mol. The van der Waals surface area contributed by atoms with E-state index in [9.17, 15) is 9.59 Å². The first-order valence-electron chi connectivity index (χ1n) is 6.16. The first kappa shape index (κ1) is 16.6. The Hall–Kier alpha value is -1.75. The summed E-state index contributed by atoms with van der Waals surface area (Å²) in [6.07, 6.45) is 0. The molecule has 2 rings (SSSR count). The zero-order chi connectivity index (χ0) is 16.1. The fourth-order valence-corrected chi connectivity index (χ4v) is 2.51. The standard InChI is InChI=1S/C15H10Cl3NO3/c16-10-6-11(17)14(12(18)7-10)22-13(20)8-19-15(21)9-4-2-1-3-5-9/h1-7H,8H2,(H,19,21). The molecule has 22 heavy (non-hydrogen) atoms. The normalized spacial score (nSPS) is 10.1. The van der Waals surface area contributed by atoms with E-state index in [2.05, 4.69) is 5.32 Å². The molecule has 0 aliphatic heterocycles. The molecule has 0 unspecified atom stereocenters.